The number of benzene rings is 2. The maximum atomic E-state index is 12.5. The summed E-state index contributed by atoms with van der Waals surface area (Å²) in [5.74, 6) is 1.15. The molecule has 4 rings (SSSR count). The van der Waals surface area contributed by atoms with Crippen molar-refractivity contribution in [1.29, 1.82) is 0 Å². The topological polar surface area (TPSA) is 84.9 Å². The Morgan fingerprint density at radius 1 is 0.963 bits per heavy atom. The fourth-order valence-electron chi connectivity index (χ4n) is 3.18. The number of anilines is 2. The third-order valence-electron chi connectivity index (χ3n) is 4.57. The summed E-state index contributed by atoms with van der Waals surface area (Å²) in [4.78, 5) is 12.5. The van der Waals surface area contributed by atoms with Gasteiger partial charge in [-0.2, -0.15) is 0 Å². The summed E-state index contributed by atoms with van der Waals surface area (Å²) in [6.45, 7) is 1.47. The quantitative estimate of drug-likeness (QED) is 0.874. The maximum Gasteiger partial charge on any atom is 0.255 e. The van der Waals surface area contributed by atoms with Crippen LogP contribution < -0.4 is 19.1 Å². The van der Waals surface area contributed by atoms with E-state index in [0.29, 0.717) is 54.6 Å². The van der Waals surface area contributed by atoms with Gasteiger partial charge in [0.15, 0.2) is 11.5 Å². The van der Waals surface area contributed by atoms with Crippen molar-refractivity contribution in [2.75, 3.05) is 35.1 Å². The van der Waals surface area contributed by atoms with Crippen molar-refractivity contribution in [2.45, 2.75) is 12.8 Å². The van der Waals surface area contributed by atoms with Gasteiger partial charge in [0.2, 0.25) is 10.0 Å². The fraction of sp³-hybridized carbons (Fsp3) is 0.316. The summed E-state index contributed by atoms with van der Waals surface area (Å²) in [5, 5.41) is 2.82. The van der Waals surface area contributed by atoms with E-state index in [0.717, 1.165) is 6.42 Å². The Labute approximate surface area is 157 Å². The van der Waals surface area contributed by atoms with E-state index >= 15 is 0 Å². The highest BCUT2D eigenvalue weighted by Gasteiger charge is 2.26. The van der Waals surface area contributed by atoms with Crippen molar-refractivity contribution >= 4 is 27.3 Å². The second-order valence-corrected chi connectivity index (χ2v) is 8.47. The van der Waals surface area contributed by atoms with Gasteiger partial charge in [-0.25, -0.2) is 8.42 Å². The largest absolute Gasteiger partial charge is 0.486 e. The van der Waals surface area contributed by atoms with E-state index < -0.39 is 10.0 Å². The minimum Gasteiger partial charge on any atom is -0.486 e. The molecule has 8 heteroatoms. The van der Waals surface area contributed by atoms with Gasteiger partial charge in [-0.1, -0.05) is 0 Å². The van der Waals surface area contributed by atoms with Crippen LogP contribution in [0.1, 0.15) is 23.2 Å². The number of hydrogen-bond donors (Lipinski definition) is 1. The van der Waals surface area contributed by atoms with E-state index in [1.54, 1.807) is 42.5 Å². The van der Waals surface area contributed by atoms with Gasteiger partial charge >= 0.3 is 0 Å². The van der Waals surface area contributed by atoms with Crippen LogP contribution in [0.5, 0.6) is 11.5 Å². The Morgan fingerprint density at radius 2 is 1.70 bits per heavy atom. The van der Waals surface area contributed by atoms with Crippen molar-refractivity contribution in [3.05, 3.63) is 48.0 Å². The van der Waals surface area contributed by atoms with Crippen LogP contribution in [0.3, 0.4) is 0 Å². The highest BCUT2D eigenvalue weighted by molar-refractivity contribution is 7.92. The summed E-state index contributed by atoms with van der Waals surface area (Å²) in [6.07, 6.45) is 1.53. The number of sulfonamides is 1. The molecule has 2 aliphatic rings. The summed E-state index contributed by atoms with van der Waals surface area (Å²) in [5.41, 5.74) is 1.64. The molecule has 0 spiro atoms. The van der Waals surface area contributed by atoms with E-state index in [4.69, 9.17) is 9.47 Å². The third-order valence-corrected chi connectivity index (χ3v) is 6.44. The lowest BCUT2D eigenvalue weighted by Crippen LogP contribution is -2.37. The molecule has 1 fully saturated rings. The molecule has 0 atom stereocenters. The molecule has 0 aliphatic carbocycles. The monoisotopic (exact) mass is 388 g/mol. The second-order valence-electron chi connectivity index (χ2n) is 6.45. The van der Waals surface area contributed by atoms with Crippen molar-refractivity contribution in [3.63, 3.8) is 0 Å². The number of ether oxygens (including phenoxy) is 2. The Bertz CT molecular complexity index is 957. The molecule has 1 N–H and O–H groups in total. The molecule has 2 aromatic rings. The van der Waals surface area contributed by atoms with Gasteiger partial charge in [-0.15, -0.1) is 0 Å². The number of nitrogens with one attached hydrogen (secondary N) is 1. The van der Waals surface area contributed by atoms with Gasteiger partial charge in [-0.05, 0) is 49.2 Å². The number of nitrogens with zero attached hydrogens (tertiary/aromatic N) is 1. The number of carbonyl (C=O) groups excluding carboxylic acids is 1. The molecule has 2 heterocycles. The molecule has 0 unspecified atom stereocenters. The van der Waals surface area contributed by atoms with Gasteiger partial charge in [0, 0.05) is 23.9 Å². The highest BCUT2D eigenvalue weighted by Crippen LogP contribution is 2.32. The lowest BCUT2D eigenvalue weighted by Gasteiger charge is -2.28. The maximum absolute atomic E-state index is 12.5. The van der Waals surface area contributed by atoms with E-state index in [2.05, 4.69) is 5.32 Å². The highest BCUT2D eigenvalue weighted by atomic mass is 32.2. The van der Waals surface area contributed by atoms with Crippen molar-refractivity contribution in [2.24, 2.45) is 0 Å². The van der Waals surface area contributed by atoms with E-state index in [1.165, 1.54) is 4.31 Å². The zero-order valence-electron chi connectivity index (χ0n) is 14.7. The summed E-state index contributed by atoms with van der Waals surface area (Å²) >= 11 is 0. The van der Waals surface area contributed by atoms with E-state index in [-0.39, 0.29) is 11.7 Å². The zero-order valence-corrected chi connectivity index (χ0v) is 15.5. The summed E-state index contributed by atoms with van der Waals surface area (Å²) in [7, 11) is -3.26. The number of hydrogen-bond acceptors (Lipinski definition) is 5. The molecular formula is C19H20N2O5S. The molecule has 0 aromatic heterocycles. The second kappa shape index (κ2) is 7.11. The first-order valence-electron chi connectivity index (χ1n) is 8.84. The normalized spacial score (nSPS) is 18.0. The Kier molecular flexibility index (Phi) is 4.65. The number of amides is 1. The molecule has 0 bridgehead atoms. The molecular weight excluding hydrogens is 368 g/mol. The van der Waals surface area contributed by atoms with Crippen LogP contribution in [0.15, 0.2) is 42.5 Å². The van der Waals surface area contributed by atoms with E-state index in [9.17, 15) is 13.2 Å². The lowest BCUT2D eigenvalue weighted by molar-refractivity contribution is 0.102. The molecule has 2 aromatic carbocycles. The SMILES string of the molecule is O=C(Nc1ccc2c(c1)OCCO2)c1ccc(N2CCCCS2(=O)=O)cc1. The van der Waals surface area contributed by atoms with Gasteiger partial charge in [0.1, 0.15) is 13.2 Å². The van der Waals surface area contributed by atoms with Crippen LogP contribution in [0.2, 0.25) is 0 Å². The molecule has 0 radical (unpaired) electrons. The number of fused-ring (bicyclic) bond motifs is 1. The Balaban J connectivity index is 1.48. The minimum absolute atomic E-state index is 0.166. The molecule has 1 saturated heterocycles. The first-order valence-corrected chi connectivity index (χ1v) is 10.5. The van der Waals surface area contributed by atoms with Crippen molar-refractivity contribution in [1.82, 2.24) is 0 Å². The average molecular weight is 388 g/mol. The van der Waals surface area contributed by atoms with Crippen LogP contribution in [-0.4, -0.2) is 39.8 Å². The van der Waals surface area contributed by atoms with Crippen LogP contribution in [0.25, 0.3) is 0 Å². The first-order chi connectivity index (χ1) is 13.0. The molecule has 7 nitrogen and oxygen atoms in total. The predicted octanol–water partition coefficient (Wildman–Crippen LogP) is 2.64. The predicted molar refractivity (Wildman–Crippen MR) is 102 cm³/mol. The Morgan fingerprint density at radius 3 is 2.44 bits per heavy atom. The van der Waals surface area contributed by atoms with Gasteiger partial charge in [0.05, 0.1) is 11.4 Å². The van der Waals surface area contributed by atoms with Gasteiger partial charge in [0.25, 0.3) is 5.91 Å². The standard InChI is InChI=1S/C19H20N2O5S/c22-19(20-15-5-8-17-18(13-15)26-11-10-25-17)14-3-6-16(7-4-14)21-9-1-2-12-27(21,23)24/h3-8,13H,1-2,9-12H2,(H,20,22). The Hall–Kier alpha value is -2.74. The fourth-order valence-corrected chi connectivity index (χ4v) is 4.82. The first kappa shape index (κ1) is 17.7. The average Bonchev–Trinajstić information content (AvgIpc) is 2.68. The van der Waals surface area contributed by atoms with Crippen molar-refractivity contribution < 1.29 is 22.7 Å². The van der Waals surface area contributed by atoms with Crippen LogP contribution >= 0.6 is 0 Å². The smallest absolute Gasteiger partial charge is 0.255 e. The molecule has 27 heavy (non-hydrogen) atoms. The number of carbonyl (C=O) groups is 1. The van der Waals surface area contributed by atoms with Crippen molar-refractivity contribution in [3.8, 4) is 11.5 Å². The van der Waals surface area contributed by atoms with Gasteiger partial charge < -0.3 is 14.8 Å². The summed E-state index contributed by atoms with van der Waals surface area (Å²) in [6, 6.07) is 11.8. The third kappa shape index (κ3) is 3.71. The number of rotatable bonds is 3. The van der Waals surface area contributed by atoms with Crippen LogP contribution in [0, 0.1) is 0 Å². The molecule has 1 amide bonds. The molecule has 0 saturated carbocycles. The minimum atomic E-state index is -3.26. The van der Waals surface area contributed by atoms with Gasteiger partial charge in [-0.3, -0.25) is 9.10 Å². The zero-order chi connectivity index (χ0) is 18.9. The molecule has 2 aliphatic heterocycles. The van der Waals surface area contributed by atoms with Crippen LogP contribution in [0.4, 0.5) is 11.4 Å². The van der Waals surface area contributed by atoms with Crippen LogP contribution in [-0.2, 0) is 10.0 Å². The summed E-state index contributed by atoms with van der Waals surface area (Å²) < 4.78 is 36.8. The lowest BCUT2D eigenvalue weighted by atomic mass is 10.1. The van der Waals surface area contributed by atoms with E-state index in [1.807, 2.05) is 0 Å². The molecule has 142 valence electrons.